The van der Waals surface area contributed by atoms with Crippen LogP contribution in [-0.4, -0.2) is 221 Å². The van der Waals surface area contributed by atoms with Gasteiger partial charge in [0, 0.05) is 55.9 Å². The van der Waals surface area contributed by atoms with Gasteiger partial charge in [0.1, 0.15) is 46.5 Å². The van der Waals surface area contributed by atoms with Crippen molar-refractivity contribution >= 4 is 133 Å². The molecule has 9 heterocycles. The third-order valence-corrected chi connectivity index (χ3v) is 19.7. The summed E-state index contributed by atoms with van der Waals surface area (Å²) >= 11 is 8.58. The van der Waals surface area contributed by atoms with Gasteiger partial charge >= 0.3 is 23.9 Å². The van der Waals surface area contributed by atoms with Crippen molar-refractivity contribution in [3.8, 4) is 51.2 Å². The van der Waals surface area contributed by atoms with E-state index in [0.717, 1.165) is 56.9 Å². The number of nitrogens with zero attached hydrogens (tertiary/aromatic N) is 18. The highest BCUT2D eigenvalue weighted by Gasteiger charge is 2.24. The Labute approximate surface area is 777 Å². The van der Waals surface area contributed by atoms with Crippen LogP contribution < -0.4 is 11.3 Å². The van der Waals surface area contributed by atoms with E-state index < -0.39 is 52.0 Å². The molecule has 4 aromatic carbocycles. The van der Waals surface area contributed by atoms with Crippen LogP contribution in [0.5, 0.6) is 0 Å². The maximum Gasteiger partial charge on any atom is 0.417 e. The molecule has 0 atom stereocenters. The van der Waals surface area contributed by atoms with Gasteiger partial charge < -0.3 is 34.2 Å². The van der Waals surface area contributed by atoms with E-state index in [1.165, 1.54) is 89.8 Å². The Morgan fingerprint density at radius 2 is 0.754 bits per heavy atom. The number of nitrogens with two attached hydrogens (primary N) is 1. The number of aliphatic hydroxyl groups excluding tert-OH is 1. The molecule has 0 aliphatic heterocycles. The number of nitrogen functional groups attached to an aromatic ring is 1. The lowest BCUT2D eigenvalue weighted by Gasteiger charge is -2.06. The van der Waals surface area contributed by atoms with Crippen LogP contribution in [-0.2, 0) is 70.4 Å². The summed E-state index contributed by atoms with van der Waals surface area (Å²) in [4.78, 5) is 128. The summed E-state index contributed by atoms with van der Waals surface area (Å²) in [6, 6.07) is 53.7. The lowest BCUT2D eigenvalue weighted by Crippen LogP contribution is -2.21. The monoisotopic (exact) mass is 1900 g/mol. The molecule has 0 aliphatic rings. The number of rotatable bonds is 30. The van der Waals surface area contributed by atoms with Crippen molar-refractivity contribution in [2.45, 2.75) is 92.1 Å². The second-order valence-corrected chi connectivity index (χ2v) is 31.0. The minimum atomic E-state index is -3.56. The first-order valence-corrected chi connectivity index (χ1v) is 48.1. The molecule has 0 unspecified atom stereocenters. The largest absolute Gasteiger partial charge is 0.492 e. The van der Waals surface area contributed by atoms with Gasteiger partial charge in [-0.25, -0.2) is 93.0 Å². The normalized spacial score (nSPS) is 10.3. The third kappa shape index (κ3) is 36.0. The van der Waals surface area contributed by atoms with Gasteiger partial charge in [-0.2, -0.15) is 23.7 Å². The van der Waals surface area contributed by atoms with Crippen molar-refractivity contribution in [2.75, 3.05) is 82.3 Å². The Kier molecular flexibility index (Phi) is 47.1. The molecule has 682 valence electrons. The molecule has 13 rings (SSSR count). The number of thioether (sulfide) groups is 6. The molecule has 0 saturated heterocycles. The van der Waals surface area contributed by atoms with Crippen LogP contribution in [0.15, 0.2) is 251 Å². The minimum absolute atomic E-state index is 0.0253. The van der Waals surface area contributed by atoms with Crippen molar-refractivity contribution < 1.29 is 75.0 Å². The van der Waals surface area contributed by atoms with Gasteiger partial charge in [-0.1, -0.05) is 150 Å². The predicted octanol–water partition coefficient (Wildman–Crippen LogP) is 13.9. The lowest BCUT2D eigenvalue weighted by molar-refractivity contribution is -0.167. The molecule has 4 N–H and O–H groups in total. The van der Waals surface area contributed by atoms with Crippen LogP contribution in [0.25, 0.3) is 57.0 Å². The molecule has 0 fully saturated rings. The Hall–Kier alpha value is -12.9. The zero-order valence-electron chi connectivity index (χ0n) is 73.1. The standard InChI is InChI=1S/C17H16N4O2S.C16H16N4O3S2.C15H14N4OS.C11H12N2O4S.C9H12N2OS.C7H8N2OS.C6H8N2.C6H10O4/c1-3-23-16(22)15-11-14(13-9-10-18-17(19-13)24-2)20-21(15)12-7-5-4-6-8-12;1-24-16-17-9-8-14(18-16)15-10-13(11-23-25(2,21)22)20(19-15)12-6-4-3-5-7-12;1-21-15-16-8-7-13(17-15)14-9-12(10-20)19(18-14)11-5-3-2-4-6-11;1-3-17-10(16)9(15)6-8(14)7-4-5-12-11(13-7)18-2;1-4-12-7(2)8-5-6-10-9(11-8)13-3;1-5(10)6-3-4-8-7(9-6)11-2;7-8-6-4-2-1-3-5-6;1-3-9-5(7)6(8)10-4-2/h4-11H,3H2,1-2H3;3-10H,11H2,1-2H3;2-9,20H,10H2,1H3;4-5H,3,6H2,1-2H3;5-6H,2,4H2,1,3H3;3-4H,1-2H3;1-5,8H,7H2;3-4H2,1-2H3. The molecule has 43 heteroatoms. The van der Waals surface area contributed by atoms with Crippen LogP contribution in [0.3, 0.4) is 0 Å². The molecule has 130 heavy (non-hydrogen) atoms. The van der Waals surface area contributed by atoms with Crippen LogP contribution >= 0.6 is 70.6 Å². The van der Waals surface area contributed by atoms with E-state index in [9.17, 15) is 47.1 Å². The first-order valence-electron chi connectivity index (χ1n) is 39.0. The van der Waals surface area contributed by atoms with Crippen molar-refractivity contribution in [3.63, 3.8) is 0 Å². The number of benzene rings is 4. The first-order chi connectivity index (χ1) is 62.7. The SMILES string of the molecule is C=C(OCC)c1ccnc(SC)n1.CCOC(=O)C(=O)CC(=O)c1ccnc(SC)n1.CCOC(=O)C(=O)OCC.CCOC(=O)c1cc(-c2ccnc(SC)n2)nn1-c1ccccc1.CSc1nccc(-c2cc(CO)n(-c3ccccc3)n2)n1.CSc1nccc(-c2cc(COS(C)(=O)=O)n(-c3ccccc3)n2)n1.CSc1nccc(C(C)=O)n1.NNc1ccccc1. The second kappa shape index (κ2) is 57.9. The molecule has 9 aromatic heterocycles. The van der Waals surface area contributed by atoms with Crippen molar-refractivity contribution in [1.29, 1.82) is 0 Å². The number of carbonyl (C=O) groups excluding carboxylic acids is 7. The number of ketones is 3. The topological polar surface area (TPSA) is 475 Å². The number of esters is 4. The summed E-state index contributed by atoms with van der Waals surface area (Å²) in [6.07, 6.45) is 21.6. The number of anilines is 1. The van der Waals surface area contributed by atoms with Gasteiger partial charge in [0.2, 0.25) is 5.78 Å². The summed E-state index contributed by atoms with van der Waals surface area (Å²) < 4.78 is 56.2. The molecule has 0 bridgehead atoms. The predicted molar refractivity (Wildman–Crippen MR) is 501 cm³/mol. The number of carbonyl (C=O) groups is 7. The molecule has 0 amide bonds. The number of Topliss-reactive ketones (excluding diaryl/α,β-unsaturated/α-hetero) is 3. The van der Waals surface area contributed by atoms with Gasteiger partial charge in [0.25, 0.3) is 10.1 Å². The van der Waals surface area contributed by atoms with E-state index in [-0.39, 0.29) is 44.5 Å². The summed E-state index contributed by atoms with van der Waals surface area (Å²) in [5.74, 6) is 1.01. The second-order valence-electron chi connectivity index (χ2n) is 24.7. The number of hydrogen-bond acceptors (Lipinski definition) is 39. The van der Waals surface area contributed by atoms with Crippen LogP contribution in [0.1, 0.15) is 96.5 Å². The first kappa shape index (κ1) is 106. The maximum atomic E-state index is 12.3. The van der Waals surface area contributed by atoms with Crippen LogP contribution in [0.2, 0.25) is 0 Å². The maximum absolute atomic E-state index is 12.3. The summed E-state index contributed by atoms with van der Waals surface area (Å²) in [7, 11) is -3.56. The molecule has 36 nitrogen and oxygen atoms in total. The molecule has 0 spiro atoms. The van der Waals surface area contributed by atoms with Crippen molar-refractivity contribution in [1.82, 2.24) is 89.1 Å². The fourth-order valence-electron chi connectivity index (χ4n) is 9.93. The smallest absolute Gasteiger partial charge is 0.417 e. The minimum Gasteiger partial charge on any atom is -0.492 e. The van der Waals surface area contributed by atoms with Gasteiger partial charge in [0.15, 0.2) is 48.2 Å². The molecular formula is C87H96N20O16S7. The Morgan fingerprint density at radius 3 is 1.14 bits per heavy atom. The van der Waals surface area contributed by atoms with Crippen LogP contribution in [0, 0.1) is 0 Å². The Balaban J connectivity index is 0.000000235. The van der Waals surface area contributed by atoms with Gasteiger partial charge in [0.05, 0.1) is 97.8 Å². The molecule has 0 saturated carbocycles. The van der Waals surface area contributed by atoms with E-state index in [1.54, 1.807) is 115 Å². The summed E-state index contributed by atoms with van der Waals surface area (Å²) in [5.41, 5.74) is 13.0. The molecule has 0 radical (unpaired) electrons. The number of hydrazine groups is 1. The van der Waals surface area contributed by atoms with Gasteiger partial charge in [-0.05, 0) is 169 Å². The number of ether oxygens (including phenoxy) is 5. The van der Waals surface area contributed by atoms with E-state index in [1.807, 2.05) is 172 Å². The van der Waals surface area contributed by atoms with E-state index in [4.69, 9.17) is 19.5 Å². The lowest BCUT2D eigenvalue weighted by atomic mass is 10.1. The van der Waals surface area contributed by atoms with E-state index in [0.29, 0.717) is 84.6 Å². The van der Waals surface area contributed by atoms with Crippen molar-refractivity contribution in [3.05, 3.63) is 254 Å². The highest BCUT2D eigenvalue weighted by molar-refractivity contribution is 7.99. The zero-order chi connectivity index (χ0) is 94.8. The Bertz CT molecular complexity index is 5880. The molecular weight excluding hydrogens is 1810 g/mol. The van der Waals surface area contributed by atoms with Crippen LogP contribution in [0.4, 0.5) is 5.69 Å². The fourth-order valence-corrected chi connectivity index (χ4v) is 12.4. The highest BCUT2D eigenvalue weighted by atomic mass is 32.2. The molecule has 13 aromatic rings. The summed E-state index contributed by atoms with van der Waals surface area (Å²) in [6.45, 7) is 15.0. The highest BCUT2D eigenvalue weighted by Crippen LogP contribution is 2.27. The van der Waals surface area contributed by atoms with Gasteiger partial charge in [-0.3, -0.25) is 24.4 Å². The average molecular weight is 1900 g/mol. The van der Waals surface area contributed by atoms with Gasteiger partial charge in [-0.15, -0.1) is 0 Å². The number of aromatic nitrogens is 18. The van der Waals surface area contributed by atoms with E-state index >= 15 is 0 Å². The van der Waals surface area contributed by atoms with E-state index in [2.05, 4.69) is 101 Å². The number of nitrogens with one attached hydrogen (secondary N) is 1. The number of hydrogen-bond donors (Lipinski definition) is 3. The number of aliphatic hydroxyl groups is 1. The zero-order valence-corrected chi connectivity index (χ0v) is 78.8. The average Bonchev–Trinajstić information content (AvgIpc) is 1.67. The van der Waals surface area contributed by atoms with Crippen molar-refractivity contribution in [2.24, 2.45) is 5.84 Å². The Morgan fingerprint density at radius 1 is 0.415 bits per heavy atom. The molecule has 0 aliphatic carbocycles. The number of para-hydroxylation sites is 4. The quantitative estimate of drug-likeness (QED) is 0.00322. The fraction of sp³-hybridized carbons (Fsp3) is 0.241. The summed E-state index contributed by atoms with van der Waals surface area (Å²) in [5, 5.41) is 27.0. The third-order valence-electron chi connectivity index (χ3n) is 15.8.